The zero-order valence-corrected chi connectivity index (χ0v) is 11.2. The lowest BCUT2D eigenvalue weighted by molar-refractivity contribution is -0.377. The van der Waals surface area contributed by atoms with Crippen LogP contribution in [0, 0.1) is 11.8 Å². The predicted molar refractivity (Wildman–Crippen MR) is 64.2 cm³/mol. The molecule has 2 saturated carbocycles. The third kappa shape index (κ3) is 1.35. The van der Waals surface area contributed by atoms with Crippen molar-refractivity contribution in [3.63, 3.8) is 0 Å². The molecule has 4 unspecified atom stereocenters. The van der Waals surface area contributed by atoms with Crippen molar-refractivity contribution in [1.82, 2.24) is 0 Å². The van der Waals surface area contributed by atoms with Gasteiger partial charge in [-0.25, -0.2) is 0 Å². The van der Waals surface area contributed by atoms with Crippen LogP contribution in [-0.4, -0.2) is 43.4 Å². The Morgan fingerprint density at radius 1 is 1.28 bits per heavy atom. The third-order valence-electron chi connectivity index (χ3n) is 4.98. The summed E-state index contributed by atoms with van der Waals surface area (Å²) in [5, 5.41) is 0. The molecule has 0 aromatic heterocycles. The summed E-state index contributed by atoms with van der Waals surface area (Å²) < 4.78 is 24.0. The SMILES string of the molecule is CC(C)COC12CCC3OC3C1CC21OCCO1. The molecule has 102 valence electrons. The molecule has 2 aliphatic heterocycles. The maximum atomic E-state index is 6.34. The van der Waals surface area contributed by atoms with E-state index in [-0.39, 0.29) is 5.60 Å². The quantitative estimate of drug-likeness (QED) is 0.719. The lowest BCUT2D eigenvalue weighted by Crippen LogP contribution is -2.74. The Kier molecular flexibility index (Phi) is 2.39. The van der Waals surface area contributed by atoms with E-state index in [9.17, 15) is 0 Å². The molecular formula is C14H22O4. The van der Waals surface area contributed by atoms with E-state index >= 15 is 0 Å². The van der Waals surface area contributed by atoms with Gasteiger partial charge in [-0.05, 0) is 18.8 Å². The Balaban J connectivity index is 1.59. The number of epoxide rings is 1. The Bertz CT molecular complexity index is 350. The van der Waals surface area contributed by atoms with Crippen molar-refractivity contribution in [3.05, 3.63) is 0 Å². The number of rotatable bonds is 3. The van der Waals surface area contributed by atoms with Crippen molar-refractivity contribution in [2.24, 2.45) is 11.8 Å². The summed E-state index contributed by atoms with van der Waals surface area (Å²) in [6.07, 6.45) is 3.96. The van der Waals surface area contributed by atoms with Gasteiger partial charge in [0.1, 0.15) is 5.60 Å². The van der Waals surface area contributed by atoms with E-state index in [0.29, 0.717) is 37.3 Å². The molecule has 0 N–H and O–H groups in total. The summed E-state index contributed by atoms with van der Waals surface area (Å²) in [4.78, 5) is 0. The highest BCUT2D eigenvalue weighted by Crippen LogP contribution is 2.65. The van der Waals surface area contributed by atoms with Crippen LogP contribution in [0.3, 0.4) is 0 Å². The lowest BCUT2D eigenvalue weighted by atomic mass is 9.57. The van der Waals surface area contributed by atoms with Gasteiger partial charge in [0.2, 0.25) is 0 Å². The van der Waals surface area contributed by atoms with Crippen molar-refractivity contribution < 1.29 is 18.9 Å². The molecule has 0 bridgehead atoms. The van der Waals surface area contributed by atoms with Crippen LogP contribution in [0.1, 0.15) is 33.1 Å². The highest BCUT2D eigenvalue weighted by Gasteiger charge is 2.77. The molecular weight excluding hydrogens is 232 g/mol. The molecule has 4 aliphatic rings. The summed E-state index contributed by atoms with van der Waals surface area (Å²) in [5.41, 5.74) is -0.231. The average molecular weight is 254 g/mol. The first-order valence-corrected chi connectivity index (χ1v) is 7.24. The zero-order valence-electron chi connectivity index (χ0n) is 11.2. The normalized spacial score (nSPS) is 47.8. The molecule has 4 nitrogen and oxygen atoms in total. The minimum atomic E-state index is -0.455. The van der Waals surface area contributed by atoms with E-state index in [1.807, 2.05) is 0 Å². The monoisotopic (exact) mass is 254 g/mol. The second-order valence-corrected chi connectivity index (χ2v) is 6.53. The van der Waals surface area contributed by atoms with Crippen molar-refractivity contribution in [2.45, 2.75) is 56.7 Å². The Morgan fingerprint density at radius 3 is 2.78 bits per heavy atom. The van der Waals surface area contributed by atoms with Crippen LogP contribution in [0.5, 0.6) is 0 Å². The fraction of sp³-hybridized carbons (Fsp3) is 1.00. The smallest absolute Gasteiger partial charge is 0.198 e. The van der Waals surface area contributed by atoms with Gasteiger partial charge in [0.05, 0.1) is 25.4 Å². The second-order valence-electron chi connectivity index (χ2n) is 6.53. The standard InChI is InChI=1S/C14H22O4/c1-9(2)8-17-13-4-3-11-12(18-11)10(13)7-14(13)15-5-6-16-14/h9-12H,3-8H2,1-2H3. The molecule has 0 aromatic carbocycles. The van der Waals surface area contributed by atoms with Gasteiger partial charge >= 0.3 is 0 Å². The van der Waals surface area contributed by atoms with E-state index in [1.165, 1.54) is 0 Å². The van der Waals surface area contributed by atoms with Crippen molar-refractivity contribution in [1.29, 1.82) is 0 Å². The molecule has 0 aromatic rings. The molecule has 1 spiro atoms. The lowest BCUT2D eigenvalue weighted by Gasteiger charge is -2.61. The van der Waals surface area contributed by atoms with Gasteiger partial charge in [-0.3, -0.25) is 0 Å². The average Bonchev–Trinajstić information content (AvgIpc) is 2.92. The van der Waals surface area contributed by atoms with E-state index in [2.05, 4.69) is 13.8 Å². The van der Waals surface area contributed by atoms with Gasteiger partial charge in [-0.1, -0.05) is 13.8 Å². The minimum absolute atomic E-state index is 0.231. The van der Waals surface area contributed by atoms with Crippen LogP contribution < -0.4 is 0 Å². The summed E-state index contributed by atoms with van der Waals surface area (Å²) in [7, 11) is 0. The van der Waals surface area contributed by atoms with Gasteiger partial charge in [0.15, 0.2) is 5.79 Å². The Hall–Kier alpha value is -0.160. The van der Waals surface area contributed by atoms with Gasteiger partial charge in [-0.2, -0.15) is 0 Å². The molecule has 0 amide bonds. The summed E-state index contributed by atoms with van der Waals surface area (Å²) in [6, 6.07) is 0. The van der Waals surface area contributed by atoms with Crippen molar-refractivity contribution >= 4 is 0 Å². The summed E-state index contributed by atoms with van der Waals surface area (Å²) in [6.45, 7) is 6.56. The Morgan fingerprint density at radius 2 is 2.06 bits per heavy atom. The number of ether oxygens (including phenoxy) is 4. The highest BCUT2D eigenvalue weighted by molar-refractivity contribution is 5.22. The van der Waals surface area contributed by atoms with Crippen LogP contribution >= 0.6 is 0 Å². The molecule has 4 atom stereocenters. The zero-order chi connectivity index (χ0) is 12.4. The fourth-order valence-corrected chi connectivity index (χ4v) is 4.06. The molecule has 2 heterocycles. The van der Waals surface area contributed by atoms with Gasteiger partial charge in [0, 0.05) is 18.9 Å². The van der Waals surface area contributed by atoms with E-state index in [4.69, 9.17) is 18.9 Å². The maximum Gasteiger partial charge on any atom is 0.198 e. The van der Waals surface area contributed by atoms with Crippen LogP contribution in [0.4, 0.5) is 0 Å². The third-order valence-corrected chi connectivity index (χ3v) is 4.98. The predicted octanol–water partition coefficient (Wildman–Crippen LogP) is 1.72. The summed E-state index contributed by atoms with van der Waals surface area (Å²) in [5.74, 6) is 0.564. The molecule has 4 rings (SSSR count). The molecule has 2 aliphatic carbocycles. The van der Waals surface area contributed by atoms with Crippen molar-refractivity contribution in [3.8, 4) is 0 Å². The van der Waals surface area contributed by atoms with Crippen LogP contribution in [0.2, 0.25) is 0 Å². The van der Waals surface area contributed by atoms with Gasteiger partial charge in [0.25, 0.3) is 0 Å². The molecule has 4 heteroatoms. The molecule has 18 heavy (non-hydrogen) atoms. The van der Waals surface area contributed by atoms with Crippen molar-refractivity contribution in [2.75, 3.05) is 19.8 Å². The first-order chi connectivity index (χ1) is 8.67. The first-order valence-electron chi connectivity index (χ1n) is 7.24. The Labute approximate surface area is 108 Å². The second kappa shape index (κ2) is 3.69. The van der Waals surface area contributed by atoms with Gasteiger partial charge in [-0.15, -0.1) is 0 Å². The van der Waals surface area contributed by atoms with E-state index in [0.717, 1.165) is 25.9 Å². The fourth-order valence-electron chi connectivity index (χ4n) is 4.06. The van der Waals surface area contributed by atoms with Crippen LogP contribution in [-0.2, 0) is 18.9 Å². The number of hydrogen-bond donors (Lipinski definition) is 0. The van der Waals surface area contributed by atoms with E-state index < -0.39 is 5.79 Å². The van der Waals surface area contributed by atoms with Crippen LogP contribution in [0.15, 0.2) is 0 Å². The molecule has 0 radical (unpaired) electrons. The topological polar surface area (TPSA) is 40.2 Å². The molecule has 4 fully saturated rings. The summed E-state index contributed by atoms with van der Waals surface area (Å²) >= 11 is 0. The maximum absolute atomic E-state index is 6.34. The van der Waals surface area contributed by atoms with Gasteiger partial charge < -0.3 is 18.9 Å². The highest BCUT2D eigenvalue weighted by atomic mass is 16.8. The van der Waals surface area contributed by atoms with E-state index in [1.54, 1.807) is 0 Å². The largest absolute Gasteiger partial charge is 0.369 e. The van der Waals surface area contributed by atoms with Crippen LogP contribution in [0.25, 0.3) is 0 Å². The first kappa shape index (κ1) is 11.6. The number of fused-ring (bicyclic) bond motifs is 4. The molecule has 2 saturated heterocycles. The number of hydrogen-bond acceptors (Lipinski definition) is 4. The minimum Gasteiger partial charge on any atom is -0.369 e.